The molecule has 1 aliphatic heterocycles. The Balaban J connectivity index is 2.59. The third-order valence-corrected chi connectivity index (χ3v) is 2.72. The molecule has 0 amide bonds. The zero-order chi connectivity index (χ0) is 10.1. The molecule has 0 spiro atoms. The zero-order valence-electron chi connectivity index (χ0n) is 8.12. The predicted molar refractivity (Wildman–Crippen MR) is 49.5 cm³/mol. The molecule has 1 rings (SSSR count). The summed E-state index contributed by atoms with van der Waals surface area (Å²) in [5.41, 5.74) is -0.325. The quantitative estimate of drug-likeness (QED) is 0.681. The van der Waals surface area contributed by atoms with Crippen LogP contribution in [-0.2, 0) is 9.53 Å². The second-order valence-corrected chi connectivity index (χ2v) is 3.84. The van der Waals surface area contributed by atoms with Gasteiger partial charge in [-0.3, -0.25) is 4.79 Å². The Morgan fingerprint density at radius 1 is 1.85 bits per heavy atom. The smallest absolute Gasteiger partial charge is 0.308 e. The van der Waals surface area contributed by atoms with Crippen LogP contribution in [0.3, 0.4) is 0 Å². The van der Waals surface area contributed by atoms with E-state index in [9.17, 15) is 4.79 Å². The van der Waals surface area contributed by atoms with Crippen LogP contribution in [-0.4, -0.2) is 22.8 Å². The van der Waals surface area contributed by atoms with Crippen molar-refractivity contribution in [3.05, 3.63) is 12.7 Å². The molecule has 1 fully saturated rings. The lowest BCUT2D eigenvalue weighted by atomic mass is 9.99. The molecular weight excluding hydrogens is 168 g/mol. The number of carboxylic acid groups (broad SMARTS) is 1. The van der Waals surface area contributed by atoms with Gasteiger partial charge >= 0.3 is 5.97 Å². The van der Waals surface area contributed by atoms with E-state index in [0.29, 0.717) is 0 Å². The molecule has 0 aromatic heterocycles. The molecule has 0 saturated carbocycles. The van der Waals surface area contributed by atoms with Crippen molar-refractivity contribution in [2.24, 2.45) is 5.92 Å². The van der Waals surface area contributed by atoms with Gasteiger partial charge in [-0.05, 0) is 26.7 Å². The Labute approximate surface area is 78.4 Å². The molecule has 3 atom stereocenters. The van der Waals surface area contributed by atoms with Gasteiger partial charge in [0.05, 0.1) is 17.6 Å². The fraction of sp³-hybridized carbons (Fsp3) is 0.700. The molecule has 1 saturated heterocycles. The molecule has 1 aliphatic rings. The standard InChI is InChI=1S/C10H16O3/c1-4-10(3)6-5-8(13-10)7(2)9(11)12/h4,7-8H,1,5-6H2,2-3H3,(H,11,12)/t7-,8+,10+/m0/s1. The molecular formula is C10H16O3. The maximum atomic E-state index is 10.7. The fourth-order valence-corrected chi connectivity index (χ4v) is 1.55. The minimum atomic E-state index is -0.793. The van der Waals surface area contributed by atoms with Gasteiger partial charge < -0.3 is 9.84 Å². The van der Waals surface area contributed by atoms with Crippen molar-refractivity contribution in [3.63, 3.8) is 0 Å². The molecule has 3 nitrogen and oxygen atoms in total. The first kappa shape index (κ1) is 10.3. The summed E-state index contributed by atoms with van der Waals surface area (Å²) in [5.74, 6) is -1.22. The van der Waals surface area contributed by atoms with Crippen molar-refractivity contribution < 1.29 is 14.6 Å². The van der Waals surface area contributed by atoms with Crippen molar-refractivity contribution in [3.8, 4) is 0 Å². The number of carbonyl (C=O) groups is 1. The summed E-state index contributed by atoms with van der Waals surface area (Å²) in [6, 6.07) is 0. The number of hydrogen-bond donors (Lipinski definition) is 1. The summed E-state index contributed by atoms with van der Waals surface area (Å²) in [6.07, 6.45) is 3.25. The topological polar surface area (TPSA) is 46.5 Å². The van der Waals surface area contributed by atoms with Crippen LogP contribution in [0.5, 0.6) is 0 Å². The van der Waals surface area contributed by atoms with Crippen LogP contribution in [0, 0.1) is 5.92 Å². The van der Waals surface area contributed by atoms with E-state index < -0.39 is 11.9 Å². The van der Waals surface area contributed by atoms with Gasteiger partial charge in [-0.1, -0.05) is 6.08 Å². The average Bonchev–Trinajstić information content (AvgIpc) is 2.47. The summed E-state index contributed by atoms with van der Waals surface area (Å²) in [7, 11) is 0. The molecule has 1 heterocycles. The Morgan fingerprint density at radius 3 is 2.85 bits per heavy atom. The van der Waals surface area contributed by atoms with Crippen LogP contribution in [0.1, 0.15) is 26.7 Å². The zero-order valence-corrected chi connectivity index (χ0v) is 8.12. The first-order chi connectivity index (χ1) is 5.98. The number of aliphatic carboxylic acids is 1. The summed E-state index contributed by atoms with van der Waals surface area (Å²) < 4.78 is 5.62. The highest BCUT2D eigenvalue weighted by molar-refractivity contribution is 5.70. The van der Waals surface area contributed by atoms with E-state index in [1.54, 1.807) is 13.0 Å². The second kappa shape index (κ2) is 3.50. The second-order valence-electron chi connectivity index (χ2n) is 3.84. The van der Waals surface area contributed by atoms with E-state index in [4.69, 9.17) is 9.84 Å². The van der Waals surface area contributed by atoms with E-state index in [0.717, 1.165) is 12.8 Å². The first-order valence-corrected chi connectivity index (χ1v) is 4.53. The van der Waals surface area contributed by atoms with Gasteiger partial charge in [-0.2, -0.15) is 0 Å². The number of carboxylic acids is 1. The third-order valence-electron chi connectivity index (χ3n) is 2.72. The van der Waals surface area contributed by atoms with Crippen LogP contribution < -0.4 is 0 Å². The maximum absolute atomic E-state index is 10.7. The minimum Gasteiger partial charge on any atom is -0.481 e. The summed E-state index contributed by atoms with van der Waals surface area (Å²) in [5, 5.41) is 8.78. The van der Waals surface area contributed by atoms with Crippen molar-refractivity contribution in [2.45, 2.75) is 38.4 Å². The average molecular weight is 184 g/mol. The minimum absolute atomic E-state index is 0.166. The lowest BCUT2D eigenvalue weighted by Crippen LogP contribution is -2.29. The van der Waals surface area contributed by atoms with Crippen LogP contribution >= 0.6 is 0 Å². The van der Waals surface area contributed by atoms with Gasteiger partial charge in [0, 0.05) is 0 Å². The molecule has 3 heteroatoms. The molecule has 0 unspecified atom stereocenters. The summed E-state index contributed by atoms with van der Waals surface area (Å²) in [6.45, 7) is 7.30. The van der Waals surface area contributed by atoms with Crippen LogP contribution in [0.25, 0.3) is 0 Å². The van der Waals surface area contributed by atoms with Crippen molar-refractivity contribution in [1.82, 2.24) is 0 Å². The van der Waals surface area contributed by atoms with Gasteiger partial charge in [0.25, 0.3) is 0 Å². The van der Waals surface area contributed by atoms with Crippen molar-refractivity contribution in [2.75, 3.05) is 0 Å². The predicted octanol–water partition coefficient (Wildman–Crippen LogP) is 1.83. The molecule has 0 bridgehead atoms. The summed E-state index contributed by atoms with van der Waals surface area (Å²) >= 11 is 0. The SMILES string of the molecule is C=C[C@]1(C)CC[C@H]([C@H](C)C(=O)O)O1. The molecule has 1 N–H and O–H groups in total. The largest absolute Gasteiger partial charge is 0.481 e. The Kier molecular flexibility index (Phi) is 2.76. The van der Waals surface area contributed by atoms with Gasteiger partial charge in [0.1, 0.15) is 0 Å². The summed E-state index contributed by atoms with van der Waals surface area (Å²) in [4.78, 5) is 10.7. The van der Waals surface area contributed by atoms with E-state index in [2.05, 4.69) is 6.58 Å². The van der Waals surface area contributed by atoms with Crippen molar-refractivity contribution >= 4 is 5.97 Å². The molecule has 0 radical (unpaired) electrons. The monoisotopic (exact) mass is 184 g/mol. The van der Waals surface area contributed by atoms with Crippen LogP contribution in [0.15, 0.2) is 12.7 Å². The lowest BCUT2D eigenvalue weighted by molar-refractivity contribution is -0.147. The fourth-order valence-electron chi connectivity index (χ4n) is 1.55. The first-order valence-electron chi connectivity index (χ1n) is 4.53. The van der Waals surface area contributed by atoms with Gasteiger partial charge in [0.15, 0.2) is 0 Å². The van der Waals surface area contributed by atoms with E-state index in [-0.39, 0.29) is 11.7 Å². The molecule has 0 aromatic rings. The Morgan fingerprint density at radius 2 is 2.46 bits per heavy atom. The lowest BCUT2D eigenvalue weighted by Gasteiger charge is -2.22. The number of ether oxygens (including phenoxy) is 1. The molecule has 0 aromatic carbocycles. The van der Waals surface area contributed by atoms with Crippen LogP contribution in [0.2, 0.25) is 0 Å². The maximum Gasteiger partial charge on any atom is 0.308 e. The Hall–Kier alpha value is -0.830. The highest BCUT2D eigenvalue weighted by Crippen LogP contribution is 2.34. The highest BCUT2D eigenvalue weighted by Gasteiger charge is 2.38. The van der Waals surface area contributed by atoms with E-state index in [1.165, 1.54) is 0 Å². The van der Waals surface area contributed by atoms with Crippen LogP contribution in [0.4, 0.5) is 0 Å². The third kappa shape index (κ3) is 2.10. The van der Waals surface area contributed by atoms with Gasteiger partial charge in [-0.15, -0.1) is 6.58 Å². The molecule has 74 valence electrons. The number of hydrogen-bond acceptors (Lipinski definition) is 2. The molecule has 13 heavy (non-hydrogen) atoms. The molecule has 0 aliphatic carbocycles. The Bertz CT molecular complexity index is 224. The van der Waals surface area contributed by atoms with Gasteiger partial charge in [-0.25, -0.2) is 0 Å². The number of rotatable bonds is 3. The normalized spacial score (nSPS) is 35.7. The van der Waals surface area contributed by atoms with Gasteiger partial charge in [0.2, 0.25) is 0 Å². The van der Waals surface area contributed by atoms with E-state index in [1.807, 2.05) is 6.92 Å². The van der Waals surface area contributed by atoms with E-state index >= 15 is 0 Å². The van der Waals surface area contributed by atoms with Crippen molar-refractivity contribution in [1.29, 1.82) is 0 Å². The highest BCUT2D eigenvalue weighted by atomic mass is 16.5.